The van der Waals surface area contributed by atoms with E-state index in [4.69, 9.17) is 9.84 Å². The molecule has 2 N–H and O–H groups in total. The van der Waals surface area contributed by atoms with E-state index >= 15 is 0 Å². The molecule has 0 saturated carbocycles. The van der Waals surface area contributed by atoms with Gasteiger partial charge in [-0.05, 0) is 31.9 Å². The van der Waals surface area contributed by atoms with Gasteiger partial charge >= 0.3 is 0 Å². The lowest BCUT2D eigenvalue weighted by Crippen LogP contribution is -2.28. The second kappa shape index (κ2) is 8.39. The van der Waals surface area contributed by atoms with E-state index in [9.17, 15) is 0 Å². The first-order valence-corrected chi connectivity index (χ1v) is 7.03. The number of hydrogen-bond acceptors (Lipinski definition) is 4. The van der Waals surface area contributed by atoms with Crippen LogP contribution in [0.15, 0.2) is 0 Å². The summed E-state index contributed by atoms with van der Waals surface area (Å²) in [5.41, 5.74) is 0. The third-order valence-corrected chi connectivity index (χ3v) is 3.63. The summed E-state index contributed by atoms with van der Waals surface area (Å²) >= 11 is 1.90. The number of hydrogen-bond donors (Lipinski definition) is 2. The first-order chi connectivity index (χ1) is 7.33. The summed E-state index contributed by atoms with van der Waals surface area (Å²) in [5, 5.41) is 12.0. The second-order valence-corrected chi connectivity index (χ2v) is 5.26. The highest BCUT2D eigenvalue weighted by molar-refractivity contribution is 7.99. The smallest absolute Gasteiger partial charge is 0.0704 e. The molecule has 1 aliphatic rings. The average Bonchev–Trinajstić information content (AvgIpc) is 2.63. The average molecular weight is 233 g/mol. The second-order valence-electron chi connectivity index (χ2n) is 4.04. The fourth-order valence-electron chi connectivity index (χ4n) is 1.71. The van der Waals surface area contributed by atoms with E-state index in [0.717, 1.165) is 31.0 Å². The van der Waals surface area contributed by atoms with Crippen LogP contribution < -0.4 is 5.32 Å². The molecule has 1 aliphatic heterocycles. The lowest BCUT2D eigenvalue weighted by molar-refractivity contribution is 0.0564. The Morgan fingerprint density at radius 3 is 2.93 bits per heavy atom. The predicted molar refractivity (Wildman–Crippen MR) is 65.5 cm³/mol. The van der Waals surface area contributed by atoms with Gasteiger partial charge in [0.15, 0.2) is 0 Å². The van der Waals surface area contributed by atoms with Gasteiger partial charge in [-0.15, -0.1) is 0 Å². The summed E-state index contributed by atoms with van der Waals surface area (Å²) in [6.45, 7) is 4.49. The van der Waals surface area contributed by atoms with Crippen molar-refractivity contribution < 1.29 is 9.84 Å². The van der Waals surface area contributed by atoms with Crippen LogP contribution in [0.2, 0.25) is 0 Å². The van der Waals surface area contributed by atoms with Gasteiger partial charge in [0.25, 0.3) is 0 Å². The third-order valence-electron chi connectivity index (χ3n) is 2.56. The Labute approximate surface area is 97.0 Å². The summed E-state index contributed by atoms with van der Waals surface area (Å²) < 4.78 is 5.70. The van der Waals surface area contributed by atoms with Gasteiger partial charge in [0, 0.05) is 25.4 Å². The summed E-state index contributed by atoms with van der Waals surface area (Å²) in [7, 11) is 0. The van der Waals surface area contributed by atoms with Crippen LogP contribution in [0.5, 0.6) is 0 Å². The van der Waals surface area contributed by atoms with E-state index < -0.39 is 0 Å². The van der Waals surface area contributed by atoms with Gasteiger partial charge in [0.05, 0.1) is 12.2 Å². The largest absolute Gasteiger partial charge is 0.396 e. The lowest BCUT2D eigenvalue weighted by atomic mass is 10.2. The molecule has 0 aliphatic carbocycles. The first kappa shape index (κ1) is 13.3. The highest BCUT2D eigenvalue weighted by Gasteiger charge is 2.20. The molecular formula is C11H23NO2S. The van der Waals surface area contributed by atoms with Gasteiger partial charge < -0.3 is 15.2 Å². The first-order valence-electron chi connectivity index (χ1n) is 5.87. The molecule has 0 aromatic rings. The molecule has 0 amide bonds. The number of aliphatic hydroxyl groups excluding tert-OH is 1. The molecule has 4 heteroatoms. The minimum atomic E-state index is 0.314. The number of aliphatic hydroxyl groups is 1. The number of rotatable bonds is 8. The minimum absolute atomic E-state index is 0.314. The molecule has 0 bridgehead atoms. The molecule has 0 aromatic carbocycles. The number of nitrogens with one attached hydrogen (secondary N) is 1. The Morgan fingerprint density at radius 1 is 1.40 bits per heavy atom. The minimum Gasteiger partial charge on any atom is -0.396 e. The zero-order valence-electron chi connectivity index (χ0n) is 9.58. The number of thioether (sulfide) groups is 1. The Balaban J connectivity index is 1.81. The third kappa shape index (κ3) is 6.40. The normalized spacial score (nSPS) is 26.0. The molecule has 0 spiro atoms. The van der Waals surface area contributed by atoms with Gasteiger partial charge in [-0.1, -0.05) is 0 Å². The van der Waals surface area contributed by atoms with Crippen LogP contribution in [0.1, 0.15) is 26.2 Å². The molecule has 15 heavy (non-hydrogen) atoms. The van der Waals surface area contributed by atoms with Gasteiger partial charge in [-0.2, -0.15) is 11.8 Å². The summed E-state index contributed by atoms with van der Waals surface area (Å²) in [4.78, 5) is 0. The summed E-state index contributed by atoms with van der Waals surface area (Å²) in [5.74, 6) is 2.19. The predicted octanol–water partition coefficient (Wildman–Crippen LogP) is 1.26. The van der Waals surface area contributed by atoms with E-state index in [2.05, 4.69) is 12.2 Å². The molecule has 1 heterocycles. The van der Waals surface area contributed by atoms with Crippen molar-refractivity contribution in [1.29, 1.82) is 0 Å². The summed E-state index contributed by atoms with van der Waals surface area (Å²) in [6, 6.07) is 0. The van der Waals surface area contributed by atoms with Crippen molar-refractivity contribution in [2.24, 2.45) is 0 Å². The van der Waals surface area contributed by atoms with Gasteiger partial charge in [0.2, 0.25) is 0 Å². The molecule has 2 unspecified atom stereocenters. The van der Waals surface area contributed by atoms with Crippen molar-refractivity contribution in [2.45, 2.75) is 38.4 Å². The van der Waals surface area contributed by atoms with Gasteiger partial charge in [-0.25, -0.2) is 0 Å². The zero-order valence-corrected chi connectivity index (χ0v) is 10.4. The fourth-order valence-corrected chi connectivity index (χ4v) is 2.54. The van der Waals surface area contributed by atoms with Gasteiger partial charge in [0.1, 0.15) is 0 Å². The SMILES string of the molecule is CC1CCC(CNCCSCCCO)O1. The zero-order chi connectivity index (χ0) is 10.9. The van der Waals surface area contributed by atoms with E-state index in [-0.39, 0.29) is 0 Å². The van der Waals surface area contributed by atoms with Crippen LogP contribution in [-0.4, -0.2) is 48.5 Å². The maximum atomic E-state index is 8.59. The van der Waals surface area contributed by atoms with Crippen molar-refractivity contribution in [3.05, 3.63) is 0 Å². The molecule has 2 atom stereocenters. The van der Waals surface area contributed by atoms with E-state index in [1.807, 2.05) is 11.8 Å². The Kier molecular flexibility index (Phi) is 7.44. The van der Waals surface area contributed by atoms with Crippen molar-refractivity contribution in [1.82, 2.24) is 5.32 Å². The van der Waals surface area contributed by atoms with Crippen molar-refractivity contribution in [2.75, 3.05) is 31.2 Å². The van der Waals surface area contributed by atoms with Crippen LogP contribution in [0.4, 0.5) is 0 Å². The molecule has 0 radical (unpaired) electrons. The maximum absolute atomic E-state index is 8.59. The maximum Gasteiger partial charge on any atom is 0.0704 e. The van der Waals surface area contributed by atoms with Crippen molar-refractivity contribution in [3.63, 3.8) is 0 Å². The van der Waals surface area contributed by atoms with Crippen molar-refractivity contribution >= 4 is 11.8 Å². The highest BCUT2D eigenvalue weighted by atomic mass is 32.2. The van der Waals surface area contributed by atoms with E-state index in [0.29, 0.717) is 18.8 Å². The van der Waals surface area contributed by atoms with Crippen LogP contribution in [-0.2, 0) is 4.74 Å². The monoisotopic (exact) mass is 233 g/mol. The van der Waals surface area contributed by atoms with Crippen LogP contribution >= 0.6 is 11.8 Å². The summed E-state index contributed by atoms with van der Waals surface area (Å²) in [6.07, 6.45) is 4.20. The number of ether oxygens (including phenoxy) is 1. The lowest BCUT2D eigenvalue weighted by Gasteiger charge is -2.11. The van der Waals surface area contributed by atoms with E-state index in [1.165, 1.54) is 12.8 Å². The molecule has 1 saturated heterocycles. The Hall–Kier alpha value is 0.230. The Bertz CT molecular complexity index is 158. The van der Waals surface area contributed by atoms with E-state index in [1.54, 1.807) is 0 Å². The van der Waals surface area contributed by atoms with Crippen LogP contribution in [0, 0.1) is 0 Å². The molecular weight excluding hydrogens is 210 g/mol. The molecule has 3 nitrogen and oxygen atoms in total. The topological polar surface area (TPSA) is 41.5 Å². The molecule has 0 aromatic heterocycles. The molecule has 1 rings (SSSR count). The Morgan fingerprint density at radius 2 is 2.27 bits per heavy atom. The quantitative estimate of drug-likeness (QED) is 0.619. The van der Waals surface area contributed by atoms with Crippen LogP contribution in [0.3, 0.4) is 0 Å². The molecule has 1 fully saturated rings. The standard InChI is InChI=1S/C11H23NO2S/c1-10-3-4-11(14-10)9-12-5-8-15-7-2-6-13/h10-13H,2-9H2,1H3. The highest BCUT2D eigenvalue weighted by Crippen LogP contribution is 2.17. The van der Waals surface area contributed by atoms with Crippen LogP contribution in [0.25, 0.3) is 0 Å². The molecule has 90 valence electrons. The fraction of sp³-hybridized carbons (Fsp3) is 1.00. The van der Waals surface area contributed by atoms with Crippen molar-refractivity contribution in [3.8, 4) is 0 Å². The van der Waals surface area contributed by atoms with Gasteiger partial charge in [-0.3, -0.25) is 0 Å².